The fraction of sp³-hybridized carbons (Fsp3) is 1.00. The Balaban J connectivity index is 0.000000241. The van der Waals surface area contributed by atoms with E-state index in [2.05, 4.69) is 14.6 Å². The second-order valence-electron chi connectivity index (χ2n) is 3.30. The summed E-state index contributed by atoms with van der Waals surface area (Å²) in [6.07, 6.45) is 7.73. The van der Waals surface area contributed by atoms with Crippen molar-refractivity contribution in [2.45, 2.75) is 32.1 Å². The van der Waals surface area contributed by atoms with Gasteiger partial charge in [0.2, 0.25) is 0 Å². The molecule has 0 spiro atoms. The van der Waals surface area contributed by atoms with Crippen LogP contribution in [0.1, 0.15) is 32.1 Å². The monoisotopic (exact) mass is 238 g/mol. The molecule has 1 aliphatic carbocycles. The summed E-state index contributed by atoms with van der Waals surface area (Å²) in [4.78, 5) is 7.06. The van der Waals surface area contributed by atoms with Crippen LogP contribution in [0, 0.1) is 0 Å². The van der Waals surface area contributed by atoms with Gasteiger partial charge >= 0.3 is 88.4 Å². The van der Waals surface area contributed by atoms with E-state index in [0.29, 0.717) is 0 Å². The average Bonchev–Trinajstić information content (AvgIpc) is 2.22. The molecule has 0 aliphatic heterocycles. The van der Waals surface area contributed by atoms with Gasteiger partial charge in [-0.25, -0.2) is 0 Å². The normalized spacial score (nSPS) is 17.2. The molecular weight excluding hydrogens is 227 g/mol. The third-order valence-corrected chi connectivity index (χ3v) is 3.92. The zero-order valence-electron chi connectivity index (χ0n) is 8.05. The van der Waals surface area contributed by atoms with Crippen LogP contribution in [0.5, 0.6) is 0 Å². The molecule has 0 N–H and O–H groups in total. The van der Waals surface area contributed by atoms with Crippen molar-refractivity contribution in [3.05, 3.63) is 0 Å². The van der Waals surface area contributed by atoms with Gasteiger partial charge in [-0.15, -0.1) is 0 Å². The molecule has 0 saturated heterocycles. The quantitative estimate of drug-likeness (QED) is 0.707. The molecule has 14 heavy (non-hydrogen) atoms. The van der Waals surface area contributed by atoms with Gasteiger partial charge in [0.05, 0.1) is 0 Å². The zero-order valence-corrected chi connectivity index (χ0v) is 11.2. The number of halogens is 3. The first kappa shape index (κ1) is 15.4. The van der Waals surface area contributed by atoms with E-state index in [1.54, 1.807) is 12.8 Å². The summed E-state index contributed by atoms with van der Waals surface area (Å²) < 4.78 is 32.5. The van der Waals surface area contributed by atoms with Gasteiger partial charge in [0.15, 0.2) is 0 Å². The standard InChI is InChI=1S/C6H11.BF3O3.K/c1-2-4-6-5-3-1;2-5-1(6-3)7-4;/h1H,2-6H2;;. The zero-order chi connectivity index (χ0) is 10.8. The molecule has 0 aromatic rings. The van der Waals surface area contributed by atoms with Crippen LogP contribution < -0.4 is 0 Å². The molecule has 0 aromatic heterocycles. The van der Waals surface area contributed by atoms with Gasteiger partial charge < -0.3 is 0 Å². The van der Waals surface area contributed by atoms with Gasteiger partial charge in [-0.1, -0.05) is 13.6 Å². The molecule has 1 saturated carbocycles. The molecule has 0 atom stereocenters. The van der Waals surface area contributed by atoms with Gasteiger partial charge in [-0.2, -0.15) is 14.6 Å². The van der Waals surface area contributed by atoms with Crippen LogP contribution in [0.15, 0.2) is 0 Å². The van der Waals surface area contributed by atoms with Gasteiger partial charge in [-0.3, -0.25) is 0 Å². The van der Waals surface area contributed by atoms with Crippen LogP contribution in [-0.2, 0) is 14.6 Å². The molecule has 0 amide bonds. The molecule has 8 heteroatoms. The molecule has 1 fully saturated rings. The van der Waals surface area contributed by atoms with Crippen LogP contribution >= 0.6 is 0 Å². The van der Waals surface area contributed by atoms with E-state index in [0.717, 1.165) is 49.0 Å². The van der Waals surface area contributed by atoms with Crippen molar-refractivity contribution < 1.29 is 28.2 Å². The van der Waals surface area contributed by atoms with Crippen molar-refractivity contribution in [1.82, 2.24) is 0 Å². The predicted octanol–water partition coefficient (Wildman–Crippen LogP) is 2.58. The van der Waals surface area contributed by atoms with Crippen molar-refractivity contribution >= 4 is 56.3 Å². The summed E-state index contributed by atoms with van der Waals surface area (Å²) in [5, 5.41) is 0. The topological polar surface area (TPSA) is 27.7 Å². The average molecular weight is 238 g/mol. The maximum absolute atomic E-state index is 10.4. The first-order valence-electron chi connectivity index (χ1n) is 4.56. The van der Waals surface area contributed by atoms with E-state index in [9.17, 15) is 13.6 Å². The molecule has 78 valence electrons. The van der Waals surface area contributed by atoms with Crippen LogP contribution in [0.4, 0.5) is 13.6 Å². The predicted molar refractivity (Wildman–Crippen MR) is 44.9 cm³/mol. The number of rotatable bonds is 3. The van der Waals surface area contributed by atoms with E-state index in [-0.39, 0.29) is 0 Å². The molecule has 0 bridgehead atoms. The van der Waals surface area contributed by atoms with Crippen LogP contribution in [0.25, 0.3) is 0 Å². The fourth-order valence-corrected chi connectivity index (χ4v) is 2.62. The van der Waals surface area contributed by atoms with Crippen molar-refractivity contribution in [3.8, 4) is 0 Å². The van der Waals surface area contributed by atoms with E-state index in [1.807, 2.05) is 0 Å². The molecule has 0 aromatic carbocycles. The van der Waals surface area contributed by atoms with E-state index >= 15 is 0 Å². The molecule has 1 rings (SSSR count). The van der Waals surface area contributed by atoms with Crippen LogP contribution in [0.3, 0.4) is 0 Å². The minimum atomic E-state index is -2.51. The molecule has 0 heterocycles. The Morgan fingerprint density at radius 2 is 1.36 bits per heavy atom. The van der Waals surface area contributed by atoms with E-state index in [1.165, 1.54) is 19.3 Å². The van der Waals surface area contributed by atoms with Crippen LogP contribution in [0.2, 0.25) is 0.0125 Å². The van der Waals surface area contributed by atoms with Gasteiger partial charge in [-0.05, 0) is 0 Å². The molecule has 0 unspecified atom stereocenters. The third kappa shape index (κ3) is 8.66. The summed E-state index contributed by atoms with van der Waals surface area (Å²) in [5.74, 6) is 0. The number of hydrogen-bond acceptors (Lipinski definition) is 3. The SMILES string of the molecule is FOB(OF)OF.[K][CH]1CCCCC1. The fourth-order valence-electron chi connectivity index (χ4n) is 1.35. The molecule has 1 aliphatic rings. The van der Waals surface area contributed by atoms with Gasteiger partial charge in [0, 0.05) is 0 Å². The summed E-state index contributed by atoms with van der Waals surface area (Å²) in [7, 11) is -2.51. The third-order valence-electron chi connectivity index (χ3n) is 2.11. The number of hydrogen-bond donors (Lipinski definition) is 0. The van der Waals surface area contributed by atoms with Gasteiger partial charge in [0.25, 0.3) is 0 Å². The summed E-state index contributed by atoms with van der Waals surface area (Å²) in [5.41, 5.74) is 0. The Labute approximate surface area is 115 Å². The summed E-state index contributed by atoms with van der Waals surface area (Å²) in [6.45, 7) is 0. The summed E-state index contributed by atoms with van der Waals surface area (Å²) in [6, 6.07) is 0. The van der Waals surface area contributed by atoms with Crippen molar-refractivity contribution in [3.63, 3.8) is 0 Å². The van der Waals surface area contributed by atoms with Gasteiger partial charge in [0.1, 0.15) is 0 Å². The molecule has 0 radical (unpaired) electrons. The maximum atomic E-state index is 10.4. The summed E-state index contributed by atoms with van der Waals surface area (Å²) >= 11 is 1.13. The molecule has 3 nitrogen and oxygen atoms in total. The van der Waals surface area contributed by atoms with Crippen molar-refractivity contribution in [2.24, 2.45) is 0 Å². The van der Waals surface area contributed by atoms with Crippen LogP contribution in [-0.4, -0.2) is 56.3 Å². The Morgan fingerprint density at radius 1 is 0.929 bits per heavy atom. The van der Waals surface area contributed by atoms with E-state index in [4.69, 9.17) is 0 Å². The Kier molecular flexibility index (Phi) is 11.9. The minimum absolute atomic E-state index is 1.13. The Morgan fingerprint density at radius 3 is 1.50 bits per heavy atom. The van der Waals surface area contributed by atoms with Crippen molar-refractivity contribution in [1.29, 1.82) is 0 Å². The first-order valence-corrected chi connectivity index (χ1v) is 6.37. The Hall–Kier alpha value is 1.37. The Bertz CT molecular complexity index is 119. The second-order valence-corrected chi connectivity index (χ2v) is 5.85. The van der Waals surface area contributed by atoms with Crippen molar-refractivity contribution in [2.75, 3.05) is 0 Å². The second kappa shape index (κ2) is 10.9. The van der Waals surface area contributed by atoms with E-state index < -0.39 is 7.32 Å². The first-order chi connectivity index (χ1) is 6.74. The molecular formula is C6H11BF3KO3.